The van der Waals surface area contributed by atoms with Gasteiger partial charge in [0.1, 0.15) is 5.82 Å². The van der Waals surface area contributed by atoms with Crippen molar-refractivity contribution in [2.45, 2.75) is 19.5 Å². The first-order valence-corrected chi connectivity index (χ1v) is 7.70. The lowest BCUT2D eigenvalue weighted by Gasteiger charge is -2.13. The van der Waals surface area contributed by atoms with E-state index >= 15 is 0 Å². The van der Waals surface area contributed by atoms with Crippen LogP contribution in [0.3, 0.4) is 0 Å². The maximum Gasteiger partial charge on any atom is 0.416 e. The van der Waals surface area contributed by atoms with Crippen LogP contribution < -0.4 is 11.0 Å². The van der Waals surface area contributed by atoms with Crippen molar-refractivity contribution in [3.63, 3.8) is 0 Å². The Kier molecular flexibility index (Phi) is 4.50. The number of carbonyl (C=O) groups excluding carboxylic acids is 1. The van der Waals surface area contributed by atoms with Gasteiger partial charge in [0.25, 0.3) is 5.56 Å². The summed E-state index contributed by atoms with van der Waals surface area (Å²) in [6.45, 7) is 1.55. The first-order valence-electron chi connectivity index (χ1n) is 7.70. The van der Waals surface area contributed by atoms with E-state index < -0.39 is 23.2 Å². The zero-order chi connectivity index (χ0) is 18.9. The molecule has 134 valence electrons. The highest BCUT2D eigenvalue weighted by Crippen LogP contribution is 2.29. The van der Waals surface area contributed by atoms with Crippen molar-refractivity contribution in [1.82, 2.24) is 9.66 Å². The highest BCUT2D eigenvalue weighted by molar-refractivity contribution is 5.86. The van der Waals surface area contributed by atoms with E-state index in [-0.39, 0.29) is 17.8 Å². The molecule has 2 aromatic carbocycles. The highest BCUT2D eigenvalue weighted by atomic mass is 19.4. The number of aryl methyl sites for hydroxylation is 1. The summed E-state index contributed by atoms with van der Waals surface area (Å²) >= 11 is 0. The standard InChI is InChI=1S/C18H14F3N3O2/c1-11-22-15-8-3-2-7-14(15)17(26)24(11)23-16(25)10-12-5-4-6-13(9-12)18(19,20)21/h2-9H,10H2,1H3,(H,23,25). The van der Waals surface area contributed by atoms with Gasteiger partial charge in [0.15, 0.2) is 0 Å². The summed E-state index contributed by atoms with van der Waals surface area (Å²) in [6.07, 6.45) is -4.79. The van der Waals surface area contributed by atoms with E-state index in [2.05, 4.69) is 10.4 Å². The number of amides is 1. The summed E-state index contributed by atoms with van der Waals surface area (Å²) < 4.78 is 39.3. The Morgan fingerprint density at radius 2 is 1.88 bits per heavy atom. The van der Waals surface area contributed by atoms with Crippen LogP contribution in [0.15, 0.2) is 53.3 Å². The first-order chi connectivity index (χ1) is 12.3. The van der Waals surface area contributed by atoms with Crippen LogP contribution in [-0.4, -0.2) is 15.6 Å². The Balaban J connectivity index is 1.85. The molecule has 0 bridgehead atoms. The van der Waals surface area contributed by atoms with E-state index in [4.69, 9.17) is 0 Å². The summed E-state index contributed by atoms with van der Waals surface area (Å²) in [5.41, 5.74) is 1.81. The van der Waals surface area contributed by atoms with Crippen molar-refractivity contribution in [2.24, 2.45) is 0 Å². The van der Waals surface area contributed by atoms with Crippen LogP contribution >= 0.6 is 0 Å². The Labute approximate surface area is 146 Å². The molecular formula is C18H14F3N3O2. The summed E-state index contributed by atoms with van der Waals surface area (Å²) in [6, 6.07) is 11.2. The van der Waals surface area contributed by atoms with Crippen LogP contribution in [0, 0.1) is 6.92 Å². The van der Waals surface area contributed by atoms with Gasteiger partial charge in [0, 0.05) is 0 Å². The Bertz CT molecular complexity index is 1040. The minimum absolute atomic E-state index is 0.191. The molecule has 26 heavy (non-hydrogen) atoms. The molecule has 1 amide bonds. The number of alkyl halides is 3. The van der Waals surface area contributed by atoms with Gasteiger partial charge in [-0.2, -0.15) is 13.2 Å². The average Bonchev–Trinajstić information content (AvgIpc) is 2.58. The highest BCUT2D eigenvalue weighted by Gasteiger charge is 2.30. The predicted octanol–water partition coefficient (Wildman–Crippen LogP) is 3.04. The van der Waals surface area contributed by atoms with Crippen molar-refractivity contribution in [2.75, 3.05) is 5.43 Å². The third-order valence-electron chi connectivity index (χ3n) is 3.80. The van der Waals surface area contributed by atoms with Crippen molar-refractivity contribution in [1.29, 1.82) is 0 Å². The molecule has 3 aromatic rings. The van der Waals surface area contributed by atoms with Gasteiger partial charge in [-0.05, 0) is 30.7 Å². The third kappa shape index (κ3) is 3.58. The molecule has 5 nitrogen and oxygen atoms in total. The van der Waals surface area contributed by atoms with Crippen molar-refractivity contribution in [3.8, 4) is 0 Å². The molecule has 1 heterocycles. The predicted molar refractivity (Wildman–Crippen MR) is 90.3 cm³/mol. The number of benzene rings is 2. The van der Waals surface area contributed by atoms with Crippen LogP contribution in [0.1, 0.15) is 17.0 Å². The lowest BCUT2D eigenvalue weighted by Crippen LogP contribution is -2.36. The molecule has 0 radical (unpaired) electrons. The zero-order valence-electron chi connectivity index (χ0n) is 13.7. The van der Waals surface area contributed by atoms with Crippen molar-refractivity contribution >= 4 is 16.8 Å². The van der Waals surface area contributed by atoms with E-state index in [1.807, 2.05) is 0 Å². The first kappa shape index (κ1) is 17.7. The minimum Gasteiger partial charge on any atom is -0.273 e. The van der Waals surface area contributed by atoms with E-state index in [1.54, 1.807) is 31.2 Å². The molecule has 3 rings (SSSR count). The van der Waals surface area contributed by atoms with Gasteiger partial charge in [-0.25, -0.2) is 9.66 Å². The summed E-state index contributed by atoms with van der Waals surface area (Å²) in [7, 11) is 0. The van der Waals surface area contributed by atoms with Crippen LogP contribution in [0.25, 0.3) is 10.9 Å². The largest absolute Gasteiger partial charge is 0.416 e. The lowest BCUT2D eigenvalue weighted by molar-refractivity contribution is -0.137. The van der Waals surface area contributed by atoms with Crippen LogP contribution in [-0.2, 0) is 17.4 Å². The maximum atomic E-state index is 12.8. The molecule has 0 aliphatic carbocycles. The molecule has 8 heteroatoms. The quantitative estimate of drug-likeness (QED) is 0.780. The average molecular weight is 361 g/mol. The Morgan fingerprint density at radius 1 is 1.15 bits per heavy atom. The molecule has 1 aromatic heterocycles. The number of hydrogen-bond acceptors (Lipinski definition) is 3. The summed E-state index contributed by atoms with van der Waals surface area (Å²) in [5.74, 6) is -0.349. The van der Waals surface area contributed by atoms with E-state index in [0.29, 0.717) is 10.9 Å². The topological polar surface area (TPSA) is 64.0 Å². The molecule has 0 aliphatic heterocycles. The van der Waals surface area contributed by atoms with Crippen LogP contribution in [0.5, 0.6) is 0 Å². The lowest BCUT2D eigenvalue weighted by atomic mass is 10.1. The van der Waals surface area contributed by atoms with Crippen molar-refractivity contribution < 1.29 is 18.0 Å². The van der Waals surface area contributed by atoms with E-state index in [1.165, 1.54) is 12.1 Å². The molecule has 0 fully saturated rings. The fourth-order valence-electron chi connectivity index (χ4n) is 2.58. The fraction of sp³-hybridized carbons (Fsp3) is 0.167. The smallest absolute Gasteiger partial charge is 0.273 e. The maximum absolute atomic E-state index is 12.8. The molecule has 0 saturated heterocycles. The molecule has 0 aliphatic rings. The fourth-order valence-corrected chi connectivity index (χ4v) is 2.58. The second kappa shape index (κ2) is 6.62. The number of halogens is 3. The third-order valence-corrected chi connectivity index (χ3v) is 3.80. The Hall–Kier alpha value is -3.16. The van der Waals surface area contributed by atoms with Gasteiger partial charge in [0.2, 0.25) is 5.91 Å². The van der Waals surface area contributed by atoms with Gasteiger partial charge in [-0.15, -0.1) is 0 Å². The molecule has 1 N–H and O–H groups in total. The minimum atomic E-state index is -4.48. The number of nitrogens with one attached hydrogen (secondary N) is 1. The van der Waals surface area contributed by atoms with Gasteiger partial charge in [0.05, 0.1) is 22.9 Å². The summed E-state index contributed by atoms with van der Waals surface area (Å²) in [5, 5.41) is 0.331. The molecule has 0 unspecified atom stereocenters. The molecule has 0 atom stereocenters. The molecular weight excluding hydrogens is 347 g/mol. The van der Waals surface area contributed by atoms with Gasteiger partial charge in [-0.3, -0.25) is 15.0 Å². The molecule has 0 saturated carbocycles. The zero-order valence-corrected chi connectivity index (χ0v) is 13.7. The van der Waals surface area contributed by atoms with Crippen LogP contribution in [0.2, 0.25) is 0 Å². The normalized spacial score (nSPS) is 11.5. The van der Waals surface area contributed by atoms with E-state index in [9.17, 15) is 22.8 Å². The number of hydrogen-bond donors (Lipinski definition) is 1. The number of carbonyl (C=O) groups is 1. The van der Waals surface area contributed by atoms with Crippen molar-refractivity contribution in [3.05, 3.63) is 75.8 Å². The SMILES string of the molecule is Cc1nc2ccccc2c(=O)n1NC(=O)Cc1cccc(C(F)(F)F)c1. The van der Waals surface area contributed by atoms with E-state index in [0.717, 1.165) is 16.8 Å². The van der Waals surface area contributed by atoms with Gasteiger partial charge < -0.3 is 0 Å². The number of nitrogens with zero attached hydrogens (tertiary/aromatic N) is 2. The van der Waals surface area contributed by atoms with Gasteiger partial charge in [-0.1, -0.05) is 30.3 Å². The number of fused-ring (bicyclic) bond motifs is 1. The van der Waals surface area contributed by atoms with Gasteiger partial charge >= 0.3 is 6.18 Å². The second-order valence-electron chi connectivity index (χ2n) is 5.73. The van der Waals surface area contributed by atoms with Crippen LogP contribution in [0.4, 0.5) is 13.2 Å². The Morgan fingerprint density at radius 3 is 2.62 bits per heavy atom. The number of aromatic nitrogens is 2. The molecule has 0 spiro atoms. The second-order valence-corrected chi connectivity index (χ2v) is 5.73. The monoisotopic (exact) mass is 361 g/mol. The summed E-state index contributed by atoms with van der Waals surface area (Å²) in [4.78, 5) is 28.9. The number of para-hydroxylation sites is 1. The number of rotatable bonds is 3.